The highest BCUT2D eigenvalue weighted by Gasteiger charge is 2.12. The molecular formula is C13H15N3O3S. The van der Waals surface area contributed by atoms with Crippen LogP contribution in [0.3, 0.4) is 0 Å². The van der Waals surface area contributed by atoms with Crippen LogP contribution < -0.4 is 5.73 Å². The maximum atomic E-state index is 10.5. The minimum atomic E-state index is -0.975. The third kappa shape index (κ3) is 4.07. The van der Waals surface area contributed by atoms with Crippen LogP contribution in [0.15, 0.2) is 34.9 Å². The highest BCUT2D eigenvalue weighted by molar-refractivity contribution is 7.98. The number of carboxylic acid groups (broad SMARTS) is 1. The monoisotopic (exact) mass is 293 g/mol. The second kappa shape index (κ2) is 7.06. The number of aromatic nitrogens is 2. The van der Waals surface area contributed by atoms with E-state index in [4.69, 9.17) is 15.4 Å². The van der Waals surface area contributed by atoms with Crippen LogP contribution in [-0.2, 0) is 10.5 Å². The Morgan fingerprint density at radius 2 is 2.15 bits per heavy atom. The summed E-state index contributed by atoms with van der Waals surface area (Å²) in [4.78, 5) is 14.8. The molecule has 6 nitrogen and oxygen atoms in total. The first-order valence-electron chi connectivity index (χ1n) is 6.11. The number of hydrogen-bond acceptors (Lipinski definition) is 6. The topological polar surface area (TPSA) is 102 Å². The minimum absolute atomic E-state index is 0.420. The summed E-state index contributed by atoms with van der Waals surface area (Å²) >= 11 is 1.53. The van der Waals surface area contributed by atoms with E-state index in [2.05, 4.69) is 10.1 Å². The van der Waals surface area contributed by atoms with Crippen LogP contribution in [-0.4, -0.2) is 33.0 Å². The summed E-state index contributed by atoms with van der Waals surface area (Å²) in [6.07, 6.45) is 0.420. The summed E-state index contributed by atoms with van der Waals surface area (Å²) in [5, 5.41) is 12.5. The van der Waals surface area contributed by atoms with E-state index in [0.29, 0.717) is 29.6 Å². The van der Waals surface area contributed by atoms with Crippen molar-refractivity contribution in [3.8, 4) is 11.5 Å². The van der Waals surface area contributed by atoms with Crippen LogP contribution in [0.25, 0.3) is 11.5 Å². The molecule has 0 amide bonds. The Morgan fingerprint density at radius 1 is 1.40 bits per heavy atom. The number of nitrogens with zero attached hydrogens (tertiary/aromatic N) is 2. The highest BCUT2D eigenvalue weighted by Crippen LogP contribution is 2.18. The summed E-state index contributed by atoms with van der Waals surface area (Å²) in [7, 11) is 0. The number of carboxylic acids is 1. The van der Waals surface area contributed by atoms with Crippen molar-refractivity contribution in [2.75, 3.05) is 5.75 Å². The van der Waals surface area contributed by atoms with Gasteiger partial charge in [0.05, 0.1) is 5.75 Å². The fraction of sp³-hybridized carbons (Fsp3) is 0.308. The molecule has 0 fully saturated rings. The average Bonchev–Trinajstić information content (AvgIpc) is 2.93. The lowest BCUT2D eigenvalue weighted by atomic mass is 10.2. The smallest absolute Gasteiger partial charge is 0.320 e. The molecule has 1 unspecified atom stereocenters. The predicted octanol–water partition coefficient (Wildman–Crippen LogP) is 1.77. The lowest BCUT2D eigenvalue weighted by molar-refractivity contribution is -0.138. The second-order valence-electron chi connectivity index (χ2n) is 4.17. The lowest BCUT2D eigenvalue weighted by Gasteiger charge is -2.04. The standard InChI is InChI=1S/C13H15N3O3S/c14-10(13(17)18)6-7-20-8-11-15-12(19-16-11)9-4-2-1-3-5-9/h1-5,10H,6-8,14H2,(H,17,18). The van der Waals surface area contributed by atoms with Crippen molar-refractivity contribution in [1.82, 2.24) is 10.1 Å². The quantitative estimate of drug-likeness (QED) is 0.750. The van der Waals surface area contributed by atoms with Crippen molar-refractivity contribution < 1.29 is 14.4 Å². The molecule has 0 bridgehead atoms. The van der Waals surface area contributed by atoms with Crippen molar-refractivity contribution >= 4 is 17.7 Å². The maximum Gasteiger partial charge on any atom is 0.320 e. The van der Waals surface area contributed by atoms with Gasteiger partial charge in [0.15, 0.2) is 5.82 Å². The van der Waals surface area contributed by atoms with Crippen molar-refractivity contribution in [3.05, 3.63) is 36.2 Å². The minimum Gasteiger partial charge on any atom is -0.480 e. The van der Waals surface area contributed by atoms with Gasteiger partial charge in [0.25, 0.3) is 5.89 Å². The normalized spacial score (nSPS) is 12.2. The number of nitrogens with two attached hydrogens (primary N) is 1. The summed E-state index contributed by atoms with van der Waals surface area (Å²) in [5.41, 5.74) is 6.29. The van der Waals surface area contributed by atoms with E-state index in [1.165, 1.54) is 11.8 Å². The second-order valence-corrected chi connectivity index (χ2v) is 5.27. The van der Waals surface area contributed by atoms with Gasteiger partial charge < -0.3 is 15.4 Å². The largest absolute Gasteiger partial charge is 0.480 e. The molecule has 3 N–H and O–H groups in total. The molecule has 0 aliphatic carbocycles. The van der Waals surface area contributed by atoms with Gasteiger partial charge in [-0.05, 0) is 24.3 Å². The molecule has 1 aromatic heterocycles. The molecule has 0 radical (unpaired) electrons. The predicted molar refractivity (Wildman–Crippen MR) is 76.1 cm³/mol. The lowest BCUT2D eigenvalue weighted by Crippen LogP contribution is -2.30. The SMILES string of the molecule is NC(CCSCc1noc(-c2ccccc2)n1)C(=O)O. The molecule has 1 atom stereocenters. The maximum absolute atomic E-state index is 10.5. The fourth-order valence-corrected chi connectivity index (χ4v) is 2.37. The Labute approximate surface area is 120 Å². The summed E-state index contributed by atoms with van der Waals surface area (Å²) < 4.78 is 5.17. The van der Waals surface area contributed by atoms with Gasteiger partial charge >= 0.3 is 5.97 Å². The molecule has 0 aliphatic heterocycles. The van der Waals surface area contributed by atoms with Crippen molar-refractivity contribution in [2.45, 2.75) is 18.2 Å². The van der Waals surface area contributed by atoms with E-state index in [0.717, 1.165) is 5.56 Å². The Balaban J connectivity index is 1.81. The van der Waals surface area contributed by atoms with Crippen LogP contribution in [0.4, 0.5) is 0 Å². The number of thioether (sulfide) groups is 1. The van der Waals surface area contributed by atoms with Gasteiger partial charge in [0.1, 0.15) is 6.04 Å². The van der Waals surface area contributed by atoms with E-state index in [1.54, 1.807) is 0 Å². The van der Waals surface area contributed by atoms with Gasteiger partial charge in [-0.1, -0.05) is 23.4 Å². The summed E-state index contributed by atoms with van der Waals surface area (Å²) in [6, 6.07) is 8.71. The molecule has 106 valence electrons. The molecule has 0 saturated heterocycles. The third-order valence-corrected chi connectivity index (χ3v) is 3.60. The van der Waals surface area contributed by atoms with Crippen LogP contribution >= 0.6 is 11.8 Å². The molecule has 2 rings (SSSR count). The van der Waals surface area contributed by atoms with Crippen LogP contribution in [0.5, 0.6) is 0 Å². The van der Waals surface area contributed by atoms with Crippen LogP contribution in [0, 0.1) is 0 Å². The molecule has 0 saturated carbocycles. The van der Waals surface area contributed by atoms with Gasteiger partial charge in [-0.3, -0.25) is 4.79 Å². The zero-order valence-corrected chi connectivity index (χ0v) is 11.5. The van der Waals surface area contributed by atoms with Gasteiger partial charge in [-0.15, -0.1) is 0 Å². The summed E-state index contributed by atoms with van der Waals surface area (Å²) in [6.45, 7) is 0. The first-order chi connectivity index (χ1) is 9.66. The highest BCUT2D eigenvalue weighted by atomic mass is 32.2. The van der Waals surface area contributed by atoms with E-state index >= 15 is 0 Å². The van der Waals surface area contributed by atoms with Crippen LogP contribution in [0.1, 0.15) is 12.2 Å². The first kappa shape index (κ1) is 14.5. The van der Waals surface area contributed by atoms with E-state index in [-0.39, 0.29) is 0 Å². The fourth-order valence-electron chi connectivity index (χ4n) is 1.51. The zero-order valence-electron chi connectivity index (χ0n) is 10.7. The molecule has 2 aromatic rings. The Morgan fingerprint density at radius 3 is 2.85 bits per heavy atom. The van der Waals surface area contributed by atoms with E-state index in [1.807, 2.05) is 30.3 Å². The van der Waals surface area contributed by atoms with Gasteiger partial charge in [-0.25, -0.2) is 0 Å². The molecule has 1 aromatic carbocycles. The average molecular weight is 293 g/mol. The van der Waals surface area contributed by atoms with Crippen molar-refractivity contribution in [1.29, 1.82) is 0 Å². The van der Waals surface area contributed by atoms with Gasteiger partial charge in [-0.2, -0.15) is 16.7 Å². The Bertz CT molecular complexity index is 559. The molecule has 0 spiro atoms. The van der Waals surface area contributed by atoms with Crippen molar-refractivity contribution in [3.63, 3.8) is 0 Å². The number of hydrogen-bond donors (Lipinski definition) is 2. The molecule has 1 heterocycles. The van der Waals surface area contributed by atoms with Gasteiger partial charge in [0.2, 0.25) is 0 Å². The Hall–Kier alpha value is -1.86. The number of aliphatic carboxylic acids is 1. The van der Waals surface area contributed by atoms with Gasteiger partial charge in [0, 0.05) is 5.56 Å². The van der Waals surface area contributed by atoms with Crippen molar-refractivity contribution in [2.24, 2.45) is 5.73 Å². The third-order valence-electron chi connectivity index (χ3n) is 2.61. The first-order valence-corrected chi connectivity index (χ1v) is 7.26. The van der Waals surface area contributed by atoms with Crippen LogP contribution in [0.2, 0.25) is 0 Å². The molecule has 7 heteroatoms. The molecular weight excluding hydrogens is 278 g/mol. The Kier molecular flexibility index (Phi) is 5.14. The number of rotatable bonds is 7. The number of carbonyl (C=O) groups is 1. The molecule has 20 heavy (non-hydrogen) atoms. The van der Waals surface area contributed by atoms with E-state index in [9.17, 15) is 4.79 Å². The number of benzene rings is 1. The summed E-state index contributed by atoms with van der Waals surface area (Å²) in [5.74, 6) is 1.32. The van der Waals surface area contributed by atoms with E-state index < -0.39 is 12.0 Å². The zero-order chi connectivity index (χ0) is 14.4. The molecule has 0 aliphatic rings.